The molecule has 0 aromatic carbocycles. The van der Waals surface area contributed by atoms with Gasteiger partial charge in [0, 0.05) is 0 Å². The fourth-order valence-corrected chi connectivity index (χ4v) is 1.60. The second-order valence-corrected chi connectivity index (χ2v) is 3.51. The third kappa shape index (κ3) is 2.01. The Morgan fingerprint density at radius 3 is 2.07 bits per heavy atom. The van der Waals surface area contributed by atoms with Gasteiger partial charge in [-0.1, -0.05) is 6.92 Å². The zero-order chi connectivity index (χ0) is 11.5. The Balaban J connectivity index is 2.98. The third-order valence-electron chi connectivity index (χ3n) is 2.67. The monoisotopic (exact) mass is 217 g/mol. The molecule has 0 aromatic heterocycles. The second kappa shape index (κ2) is 4.69. The van der Waals surface area contributed by atoms with Crippen LogP contribution in [0.2, 0.25) is 0 Å². The summed E-state index contributed by atoms with van der Waals surface area (Å²) in [6, 6.07) is 0. The fourth-order valence-electron chi connectivity index (χ4n) is 1.60. The summed E-state index contributed by atoms with van der Waals surface area (Å²) in [5, 5.41) is 18.4. The van der Waals surface area contributed by atoms with Crippen molar-refractivity contribution in [1.29, 1.82) is 0 Å². The number of hydrogen-bond donors (Lipinski definition) is 2. The Morgan fingerprint density at radius 2 is 1.73 bits per heavy atom. The van der Waals surface area contributed by atoms with Crippen LogP contribution in [0.15, 0.2) is 0 Å². The van der Waals surface area contributed by atoms with Gasteiger partial charge in [0.1, 0.15) is 13.2 Å². The fraction of sp³-hybridized carbons (Fsp3) is 0.778. The largest absolute Gasteiger partial charge is 0.394 e. The minimum atomic E-state index is -1.20. The number of aliphatic hydroxyl groups is 2. The molecule has 1 rings (SSSR count). The Bertz CT molecular complexity index is 237. The smallest absolute Gasteiger partial charge is 0.255 e. The number of imide groups is 1. The maximum Gasteiger partial charge on any atom is 0.255 e. The molecule has 0 unspecified atom stereocenters. The zero-order valence-corrected chi connectivity index (χ0v) is 8.60. The van der Waals surface area contributed by atoms with Gasteiger partial charge in [-0.3, -0.25) is 14.5 Å². The van der Waals surface area contributed by atoms with Gasteiger partial charge in [0.25, 0.3) is 11.8 Å². The van der Waals surface area contributed by atoms with E-state index in [1.54, 1.807) is 6.92 Å². The van der Waals surface area contributed by atoms with E-state index in [1.165, 1.54) is 0 Å². The van der Waals surface area contributed by atoms with Gasteiger partial charge in [-0.25, -0.2) is 0 Å². The maximum atomic E-state index is 11.5. The van der Waals surface area contributed by atoms with Gasteiger partial charge in [0.15, 0.2) is 0 Å². The number of carbonyl (C=O) groups is 2. The summed E-state index contributed by atoms with van der Waals surface area (Å²) < 4.78 is 4.75. The summed E-state index contributed by atoms with van der Waals surface area (Å²) in [6.07, 6.45) is 0.303. The van der Waals surface area contributed by atoms with Crippen molar-refractivity contribution in [1.82, 2.24) is 4.90 Å². The van der Waals surface area contributed by atoms with Crippen LogP contribution in [0.25, 0.3) is 0 Å². The molecule has 1 saturated heterocycles. The van der Waals surface area contributed by atoms with E-state index in [2.05, 4.69) is 0 Å². The summed E-state index contributed by atoms with van der Waals surface area (Å²) >= 11 is 0. The van der Waals surface area contributed by atoms with Crippen LogP contribution in [0.4, 0.5) is 0 Å². The van der Waals surface area contributed by atoms with Crippen molar-refractivity contribution in [3.8, 4) is 0 Å². The first-order valence-electron chi connectivity index (χ1n) is 4.76. The normalized spacial score (nSPS) is 18.5. The van der Waals surface area contributed by atoms with E-state index in [1.807, 2.05) is 0 Å². The molecule has 86 valence electrons. The van der Waals surface area contributed by atoms with Crippen LogP contribution in [-0.2, 0) is 14.3 Å². The number of ether oxygens (including phenoxy) is 1. The molecule has 6 heteroatoms. The van der Waals surface area contributed by atoms with Crippen molar-refractivity contribution in [2.45, 2.75) is 18.9 Å². The first kappa shape index (κ1) is 12.1. The van der Waals surface area contributed by atoms with Crippen molar-refractivity contribution in [2.24, 2.45) is 0 Å². The lowest BCUT2D eigenvalue weighted by Crippen LogP contribution is -2.62. The molecule has 15 heavy (non-hydrogen) atoms. The summed E-state index contributed by atoms with van der Waals surface area (Å²) in [7, 11) is 0. The zero-order valence-electron chi connectivity index (χ0n) is 8.60. The number of aliphatic hydroxyl groups excluding tert-OH is 2. The average Bonchev–Trinajstić information content (AvgIpc) is 2.24. The van der Waals surface area contributed by atoms with Crippen LogP contribution in [0.1, 0.15) is 13.3 Å². The highest BCUT2D eigenvalue weighted by Crippen LogP contribution is 2.21. The van der Waals surface area contributed by atoms with Gasteiger partial charge < -0.3 is 14.9 Å². The van der Waals surface area contributed by atoms with Gasteiger partial charge in [-0.2, -0.15) is 0 Å². The van der Waals surface area contributed by atoms with Gasteiger partial charge in [-0.15, -0.1) is 0 Å². The lowest BCUT2D eigenvalue weighted by molar-refractivity contribution is -0.171. The lowest BCUT2D eigenvalue weighted by Gasteiger charge is -2.41. The van der Waals surface area contributed by atoms with Crippen molar-refractivity contribution in [3.63, 3.8) is 0 Å². The van der Waals surface area contributed by atoms with Crippen LogP contribution in [0, 0.1) is 0 Å². The highest BCUT2D eigenvalue weighted by Gasteiger charge is 2.43. The van der Waals surface area contributed by atoms with Crippen LogP contribution in [0.5, 0.6) is 0 Å². The molecular weight excluding hydrogens is 202 g/mol. The van der Waals surface area contributed by atoms with E-state index < -0.39 is 30.6 Å². The predicted molar refractivity (Wildman–Crippen MR) is 49.9 cm³/mol. The quantitative estimate of drug-likeness (QED) is 0.560. The molecule has 0 saturated carbocycles. The number of amides is 2. The molecular formula is C9H15NO5. The van der Waals surface area contributed by atoms with Crippen molar-refractivity contribution in [3.05, 3.63) is 0 Å². The highest BCUT2D eigenvalue weighted by molar-refractivity contribution is 5.99. The molecule has 0 spiro atoms. The molecule has 2 N–H and O–H groups in total. The van der Waals surface area contributed by atoms with Gasteiger partial charge in [0.2, 0.25) is 0 Å². The number of carbonyl (C=O) groups excluding carboxylic acids is 2. The minimum absolute atomic E-state index is 0.187. The molecule has 0 radical (unpaired) electrons. The molecule has 1 fully saturated rings. The first-order chi connectivity index (χ1) is 7.11. The molecule has 1 heterocycles. The van der Waals surface area contributed by atoms with E-state index in [4.69, 9.17) is 4.74 Å². The Hall–Kier alpha value is -0.980. The van der Waals surface area contributed by atoms with Crippen LogP contribution in [-0.4, -0.2) is 58.9 Å². The molecule has 1 aliphatic heterocycles. The van der Waals surface area contributed by atoms with E-state index in [-0.39, 0.29) is 13.2 Å². The lowest BCUT2D eigenvalue weighted by atomic mass is 9.95. The van der Waals surface area contributed by atoms with E-state index in [9.17, 15) is 19.8 Å². The first-order valence-corrected chi connectivity index (χ1v) is 4.76. The van der Waals surface area contributed by atoms with Gasteiger partial charge >= 0.3 is 0 Å². The third-order valence-corrected chi connectivity index (χ3v) is 2.67. The van der Waals surface area contributed by atoms with Crippen molar-refractivity contribution >= 4 is 11.8 Å². The summed E-state index contributed by atoms with van der Waals surface area (Å²) in [4.78, 5) is 23.9. The Morgan fingerprint density at radius 1 is 1.27 bits per heavy atom. The molecule has 0 bridgehead atoms. The summed E-state index contributed by atoms with van der Waals surface area (Å²) in [5.74, 6) is -1.03. The highest BCUT2D eigenvalue weighted by atomic mass is 16.5. The topological polar surface area (TPSA) is 87.1 Å². The molecule has 0 atom stereocenters. The van der Waals surface area contributed by atoms with Crippen molar-refractivity contribution in [2.75, 3.05) is 26.4 Å². The van der Waals surface area contributed by atoms with E-state index in [0.717, 1.165) is 4.90 Å². The molecule has 6 nitrogen and oxygen atoms in total. The summed E-state index contributed by atoms with van der Waals surface area (Å²) in [5.41, 5.74) is -1.20. The summed E-state index contributed by atoms with van der Waals surface area (Å²) in [6.45, 7) is 0.429. The van der Waals surface area contributed by atoms with Crippen molar-refractivity contribution < 1.29 is 24.5 Å². The van der Waals surface area contributed by atoms with Gasteiger partial charge in [-0.05, 0) is 6.42 Å². The van der Waals surface area contributed by atoms with Crippen LogP contribution < -0.4 is 0 Å². The predicted octanol–water partition coefficient (Wildman–Crippen LogP) is -1.49. The number of rotatable bonds is 4. The minimum Gasteiger partial charge on any atom is -0.394 e. The SMILES string of the molecule is CCC(CO)(CO)N1C(=O)COCC1=O. The standard InChI is InChI=1S/C9H15NO5/c1-2-9(5-11,6-12)10-7(13)3-15-4-8(10)14/h11-12H,2-6H2,1H3. The number of nitrogens with zero attached hydrogens (tertiary/aromatic N) is 1. The van der Waals surface area contributed by atoms with E-state index in [0.29, 0.717) is 6.42 Å². The Kier molecular flexibility index (Phi) is 3.78. The van der Waals surface area contributed by atoms with Gasteiger partial charge in [0.05, 0.1) is 18.8 Å². The number of morpholine rings is 1. The van der Waals surface area contributed by atoms with E-state index >= 15 is 0 Å². The molecule has 2 amide bonds. The van der Waals surface area contributed by atoms with Crippen LogP contribution >= 0.6 is 0 Å². The van der Waals surface area contributed by atoms with Crippen LogP contribution in [0.3, 0.4) is 0 Å². The maximum absolute atomic E-state index is 11.5. The molecule has 0 aliphatic carbocycles. The molecule has 0 aromatic rings. The Labute approximate surface area is 87.4 Å². The number of hydrogen-bond acceptors (Lipinski definition) is 5. The molecule has 1 aliphatic rings. The second-order valence-electron chi connectivity index (χ2n) is 3.51. The average molecular weight is 217 g/mol.